The van der Waals surface area contributed by atoms with Gasteiger partial charge in [-0.1, -0.05) is 36.2 Å². The minimum atomic E-state index is 0.818. The zero-order valence-corrected chi connectivity index (χ0v) is 13.0. The Balaban J connectivity index is 1.93. The van der Waals surface area contributed by atoms with Crippen LogP contribution in [0.5, 0.6) is 0 Å². The summed E-state index contributed by atoms with van der Waals surface area (Å²) in [7, 11) is 0. The van der Waals surface area contributed by atoms with Crippen LogP contribution in [0.1, 0.15) is 42.7 Å². The van der Waals surface area contributed by atoms with E-state index in [1.54, 1.807) is 11.3 Å². The molecule has 0 saturated heterocycles. The molecule has 1 saturated carbocycles. The molecule has 3 rings (SSSR count). The van der Waals surface area contributed by atoms with Crippen molar-refractivity contribution in [2.75, 3.05) is 0 Å². The van der Waals surface area contributed by atoms with Crippen LogP contribution < -0.4 is 0 Å². The van der Waals surface area contributed by atoms with E-state index in [-0.39, 0.29) is 0 Å². The highest BCUT2D eigenvalue weighted by Crippen LogP contribution is 2.33. The Morgan fingerprint density at radius 1 is 1.14 bits per heavy atom. The number of nitrogens with zero attached hydrogens (tertiary/aromatic N) is 2. The van der Waals surface area contributed by atoms with Crippen LogP contribution in [0.2, 0.25) is 0 Å². The fourth-order valence-corrected chi connectivity index (χ4v) is 3.62. The van der Waals surface area contributed by atoms with Crippen LogP contribution in [-0.2, 0) is 0 Å². The molecule has 0 radical (unpaired) electrons. The van der Waals surface area contributed by atoms with E-state index in [1.807, 2.05) is 0 Å². The molecule has 1 aromatic carbocycles. The van der Waals surface area contributed by atoms with E-state index in [4.69, 9.17) is 4.98 Å². The van der Waals surface area contributed by atoms with Crippen molar-refractivity contribution in [1.29, 1.82) is 5.26 Å². The molecule has 106 valence electrons. The van der Waals surface area contributed by atoms with Gasteiger partial charge in [-0.25, -0.2) is 4.98 Å². The monoisotopic (exact) mass is 294 g/mol. The molecule has 0 bridgehead atoms. The average Bonchev–Trinajstić information content (AvgIpc) is 2.99. The van der Waals surface area contributed by atoms with E-state index in [1.165, 1.54) is 30.4 Å². The van der Waals surface area contributed by atoms with Gasteiger partial charge >= 0.3 is 0 Å². The van der Waals surface area contributed by atoms with Crippen LogP contribution in [-0.4, -0.2) is 4.98 Å². The number of aryl methyl sites for hydroxylation is 1. The third kappa shape index (κ3) is 3.06. The number of benzene rings is 1. The molecule has 0 spiro atoms. The number of rotatable bonds is 2. The second-order valence-corrected chi connectivity index (χ2v) is 6.41. The standard InChI is InChI=1S/C18H18N2S/c1-13-7-9-15(10-8-13)17-12-21-18(20-17)16(11-19)14-5-3-2-4-6-14/h7-10,12H,2-6H2,1H3. The van der Waals surface area contributed by atoms with Crippen LogP contribution in [0.15, 0.2) is 35.2 Å². The lowest BCUT2D eigenvalue weighted by molar-refractivity contribution is 0.601. The number of aromatic nitrogens is 1. The average molecular weight is 294 g/mol. The Bertz CT molecular complexity index is 694. The maximum absolute atomic E-state index is 9.51. The van der Waals surface area contributed by atoms with Gasteiger partial charge in [0, 0.05) is 10.9 Å². The van der Waals surface area contributed by atoms with Crippen LogP contribution in [0.4, 0.5) is 0 Å². The highest BCUT2D eigenvalue weighted by Gasteiger charge is 2.16. The first-order valence-electron chi connectivity index (χ1n) is 7.43. The summed E-state index contributed by atoms with van der Waals surface area (Å²) in [5, 5.41) is 12.4. The first-order valence-corrected chi connectivity index (χ1v) is 8.31. The van der Waals surface area contributed by atoms with Crippen molar-refractivity contribution >= 4 is 16.9 Å². The highest BCUT2D eigenvalue weighted by atomic mass is 32.1. The Labute approximate surface area is 129 Å². The fraction of sp³-hybridized carbons (Fsp3) is 0.333. The molecule has 1 fully saturated rings. The molecule has 0 N–H and O–H groups in total. The number of nitriles is 1. The van der Waals surface area contributed by atoms with Crippen molar-refractivity contribution in [2.24, 2.45) is 0 Å². The van der Waals surface area contributed by atoms with Crippen LogP contribution in [0.3, 0.4) is 0 Å². The van der Waals surface area contributed by atoms with Gasteiger partial charge in [-0.3, -0.25) is 0 Å². The largest absolute Gasteiger partial charge is 0.235 e. The second kappa shape index (κ2) is 6.24. The zero-order valence-electron chi connectivity index (χ0n) is 12.2. The normalized spacial score (nSPS) is 14.8. The molecular formula is C18H18N2S. The fourth-order valence-electron chi connectivity index (χ4n) is 2.75. The predicted octanol–water partition coefficient (Wildman–Crippen LogP) is 5.36. The molecule has 2 aromatic rings. The van der Waals surface area contributed by atoms with E-state index in [9.17, 15) is 5.26 Å². The lowest BCUT2D eigenvalue weighted by Gasteiger charge is -2.14. The summed E-state index contributed by atoms with van der Waals surface area (Å²) in [6, 6.07) is 10.8. The van der Waals surface area contributed by atoms with Gasteiger partial charge in [-0.05, 0) is 38.2 Å². The molecule has 1 heterocycles. The topological polar surface area (TPSA) is 36.7 Å². The number of hydrogen-bond acceptors (Lipinski definition) is 3. The molecule has 0 amide bonds. The van der Waals surface area contributed by atoms with Crippen LogP contribution in [0, 0.1) is 18.3 Å². The predicted molar refractivity (Wildman–Crippen MR) is 87.9 cm³/mol. The minimum absolute atomic E-state index is 0.818. The van der Waals surface area contributed by atoms with E-state index in [2.05, 4.69) is 42.6 Å². The van der Waals surface area contributed by atoms with Gasteiger partial charge in [-0.15, -0.1) is 11.3 Å². The third-order valence-electron chi connectivity index (χ3n) is 3.99. The lowest BCUT2D eigenvalue weighted by Crippen LogP contribution is -1.97. The summed E-state index contributed by atoms with van der Waals surface area (Å²) in [5.74, 6) is 0. The van der Waals surface area contributed by atoms with Gasteiger partial charge in [-0.2, -0.15) is 5.26 Å². The van der Waals surface area contributed by atoms with Gasteiger partial charge < -0.3 is 0 Å². The van der Waals surface area contributed by atoms with Crippen molar-refractivity contribution < 1.29 is 0 Å². The Hall–Kier alpha value is -1.92. The molecule has 2 nitrogen and oxygen atoms in total. The molecule has 1 aromatic heterocycles. The first kappa shape index (κ1) is 14.0. The quantitative estimate of drug-likeness (QED) is 0.699. The Morgan fingerprint density at radius 3 is 2.52 bits per heavy atom. The Kier molecular flexibility index (Phi) is 4.17. The van der Waals surface area contributed by atoms with Crippen molar-refractivity contribution in [1.82, 2.24) is 4.98 Å². The van der Waals surface area contributed by atoms with Gasteiger partial charge in [0.2, 0.25) is 0 Å². The minimum Gasteiger partial charge on any atom is -0.235 e. The summed E-state index contributed by atoms with van der Waals surface area (Å²) in [6.07, 6.45) is 5.81. The molecule has 0 unspecified atom stereocenters. The van der Waals surface area contributed by atoms with E-state index in [0.29, 0.717) is 0 Å². The van der Waals surface area contributed by atoms with E-state index < -0.39 is 0 Å². The number of allylic oxidation sites excluding steroid dienone is 2. The van der Waals surface area contributed by atoms with Crippen molar-refractivity contribution in [3.05, 3.63) is 45.8 Å². The van der Waals surface area contributed by atoms with E-state index >= 15 is 0 Å². The Morgan fingerprint density at radius 2 is 1.86 bits per heavy atom. The molecule has 0 atom stereocenters. The number of thiazole rings is 1. The SMILES string of the molecule is Cc1ccc(-c2csc(C(C#N)=C3CCCCC3)n2)cc1. The van der Waals surface area contributed by atoms with E-state index in [0.717, 1.165) is 34.7 Å². The molecule has 1 aliphatic rings. The van der Waals surface area contributed by atoms with Gasteiger partial charge in [0.15, 0.2) is 0 Å². The third-order valence-corrected chi connectivity index (χ3v) is 4.85. The first-order chi connectivity index (χ1) is 10.3. The van der Waals surface area contributed by atoms with Gasteiger partial charge in [0.25, 0.3) is 0 Å². The second-order valence-electron chi connectivity index (χ2n) is 5.55. The zero-order chi connectivity index (χ0) is 14.7. The van der Waals surface area contributed by atoms with Crippen molar-refractivity contribution in [3.8, 4) is 17.3 Å². The summed E-state index contributed by atoms with van der Waals surface area (Å²) in [5.41, 5.74) is 5.45. The molecular weight excluding hydrogens is 276 g/mol. The van der Waals surface area contributed by atoms with Crippen molar-refractivity contribution in [2.45, 2.75) is 39.0 Å². The molecule has 0 aliphatic heterocycles. The molecule has 21 heavy (non-hydrogen) atoms. The van der Waals surface area contributed by atoms with Gasteiger partial charge in [0.1, 0.15) is 11.1 Å². The maximum Gasteiger partial charge on any atom is 0.134 e. The maximum atomic E-state index is 9.51. The molecule has 3 heteroatoms. The summed E-state index contributed by atoms with van der Waals surface area (Å²) in [4.78, 5) is 4.69. The highest BCUT2D eigenvalue weighted by molar-refractivity contribution is 7.11. The van der Waals surface area contributed by atoms with Crippen LogP contribution in [0.25, 0.3) is 16.8 Å². The van der Waals surface area contributed by atoms with Gasteiger partial charge in [0.05, 0.1) is 11.3 Å². The summed E-state index contributed by atoms with van der Waals surface area (Å²) in [6.45, 7) is 2.08. The summed E-state index contributed by atoms with van der Waals surface area (Å²) >= 11 is 1.58. The molecule has 1 aliphatic carbocycles. The smallest absolute Gasteiger partial charge is 0.134 e. The lowest BCUT2D eigenvalue weighted by atomic mass is 9.91. The van der Waals surface area contributed by atoms with Crippen molar-refractivity contribution in [3.63, 3.8) is 0 Å². The number of hydrogen-bond donors (Lipinski definition) is 0. The summed E-state index contributed by atoms with van der Waals surface area (Å²) < 4.78 is 0. The van der Waals surface area contributed by atoms with Crippen LogP contribution >= 0.6 is 11.3 Å².